The Hall–Kier alpha value is -3.27. The Morgan fingerprint density at radius 3 is 2.62 bits per heavy atom. The SMILES string of the molecule is CCC(=O)Nc1ccc(N2C(=S)N[C@@H](c3ccccn3)[C@H]2c2cc(C)n(CCCN3CCOCC3)c2C)cc1C. The van der Waals surface area contributed by atoms with Crippen LogP contribution >= 0.6 is 12.2 Å². The van der Waals surface area contributed by atoms with E-state index in [1.54, 1.807) is 0 Å². The van der Waals surface area contributed by atoms with Gasteiger partial charge in [0.05, 0.1) is 31.0 Å². The molecular formula is C31H40N6O2S. The van der Waals surface area contributed by atoms with Crippen LogP contribution in [0.1, 0.15) is 60.1 Å². The normalized spacial score (nSPS) is 19.6. The average molecular weight is 561 g/mol. The molecule has 0 unspecified atom stereocenters. The monoisotopic (exact) mass is 560 g/mol. The number of anilines is 2. The van der Waals surface area contributed by atoms with Crippen LogP contribution in [-0.4, -0.2) is 58.3 Å². The standard InChI is InChI=1S/C31H40N6O2S/c1-5-28(38)33-26-11-10-24(19-21(26)2)37-30(29(34-31(37)40)27-9-6-7-12-32-27)25-20-22(3)36(23(25)4)14-8-13-35-15-17-39-18-16-35/h6-7,9-12,19-20,29-30H,5,8,13-18H2,1-4H3,(H,33,38)(H,34,40)/t29-,30+/m0/s1. The zero-order chi connectivity index (χ0) is 28.2. The minimum absolute atomic E-state index is 0.00311. The van der Waals surface area contributed by atoms with Crippen LogP contribution in [0.3, 0.4) is 0 Å². The number of thiocarbonyl (C=S) groups is 1. The highest BCUT2D eigenvalue weighted by Gasteiger charge is 2.42. The van der Waals surface area contributed by atoms with E-state index in [0.29, 0.717) is 11.5 Å². The number of aryl methyl sites for hydroxylation is 2. The lowest BCUT2D eigenvalue weighted by Gasteiger charge is -2.29. The molecule has 212 valence electrons. The third kappa shape index (κ3) is 5.92. The number of nitrogens with zero attached hydrogens (tertiary/aromatic N) is 4. The van der Waals surface area contributed by atoms with Crippen molar-refractivity contribution < 1.29 is 9.53 Å². The van der Waals surface area contributed by atoms with Crippen molar-refractivity contribution in [3.63, 3.8) is 0 Å². The number of rotatable bonds is 9. The van der Waals surface area contributed by atoms with Gasteiger partial charge in [-0.05, 0) is 86.9 Å². The third-order valence-corrected chi connectivity index (χ3v) is 8.39. The molecule has 8 nitrogen and oxygen atoms in total. The van der Waals surface area contributed by atoms with Gasteiger partial charge in [0, 0.05) is 61.6 Å². The van der Waals surface area contributed by atoms with E-state index in [0.717, 1.165) is 68.4 Å². The largest absolute Gasteiger partial charge is 0.379 e. The summed E-state index contributed by atoms with van der Waals surface area (Å²) in [5.74, 6) is 0.00311. The molecule has 0 radical (unpaired) electrons. The number of carbonyl (C=O) groups excluding carboxylic acids is 1. The molecule has 2 N–H and O–H groups in total. The first kappa shape index (κ1) is 28.3. The highest BCUT2D eigenvalue weighted by molar-refractivity contribution is 7.80. The predicted molar refractivity (Wildman–Crippen MR) is 164 cm³/mol. The van der Waals surface area contributed by atoms with Crippen molar-refractivity contribution >= 4 is 34.6 Å². The van der Waals surface area contributed by atoms with Crippen LogP contribution in [0, 0.1) is 20.8 Å². The number of aromatic nitrogens is 2. The Balaban J connectivity index is 1.47. The molecule has 2 aliphatic heterocycles. The number of amides is 1. The summed E-state index contributed by atoms with van der Waals surface area (Å²) < 4.78 is 7.95. The fourth-order valence-electron chi connectivity index (χ4n) is 5.87. The number of carbonyl (C=O) groups is 1. The van der Waals surface area contributed by atoms with Crippen molar-refractivity contribution in [2.75, 3.05) is 43.1 Å². The Bertz CT molecular complexity index is 1350. The molecular weight excluding hydrogens is 520 g/mol. The molecule has 1 aromatic carbocycles. The van der Waals surface area contributed by atoms with Crippen molar-refractivity contribution in [2.45, 2.75) is 59.2 Å². The maximum atomic E-state index is 12.0. The smallest absolute Gasteiger partial charge is 0.224 e. The van der Waals surface area contributed by atoms with E-state index in [1.165, 1.54) is 17.0 Å². The zero-order valence-electron chi connectivity index (χ0n) is 23.9. The first-order valence-corrected chi connectivity index (χ1v) is 14.7. The molecule has 0 spiro atoms. The van der Waals surface area contributed by atoms with Crippen LogP contribution in [-0.2, 0) is 16.1 Å². The molecule has 9 heteroatoms. The second-order valence-electron chi connectivity index (χ2n) is 10.7. The van der Waals surface area contributed by atoms with Crippen LogP contribution < -0.4 is 15.5 Å². The minimum Gasteiger partial charge on any atom is -0.379 e. The predicted octanol–water partition coefficient (Wildman–Crippen LogP) is 5.06. The average Bonchev–Trinajstić information content (AvgIpc) is 3.45. The van der Waals surface area contributed by atoms with E-state index in [2.05, 4.69) is 57.0 Å². The Kier molecular flexibility index (Phi) is 8.83. The van der Waals surface area contributed by atoms with Crippen molar-refractivity contribution in [3.8, 4) is 0 Å². The lowest BCUT2D eigenvalue weighted by Crippen LogP contribution is -2.37. The number of morpholine rings is 1. The second-order valence-corrected chi connectivity index (χ2v) is 11.1. The molecule has 4 heterocycles. The molecule has 0 saturated carbocycles. The van der Waals surface area contributed by atoms with E-state index in [9.17, 15) is 4.79 Å². The molecule has 0 aliphatic carbocycles. The summed E-state index contributed by atoms with van der Waals surface area (Å²) in [5.41, 5.74) is 7.52. The quantitative estimate of drug-likeness (QED) is 0.355. The topological polar surface area (TPSA) is 74.7 Å². The maximum absolute atomic E-state index is 12.0. The van der Waals surface area contributed by atoms with Crippen LogP contribution in [0.2, 0.25) is 0 Å². The summed E-state index contributed by atoms with van der Waals surface area (Å²) in [6.45, 7) is 14.0. The first-order valence-electron chi connectivity index (χ1n) is 14.2. The number of hydrogen-bond acceptors (Lipinski definition) is 5. The second kappa shape index (κ2) is 12.5. The van der Waals surface area contributed by atoms with Crippen LogP contribution in [0.4, 0.5) is 11.4 Å². The summed E-state index contributed by atoms with van der Waals surface area (Å²) in [7, 11) is 0. The van der Waals surface area contributed by atoms with Gasteiger partial charge in [-0.2, -0.15) is 0 Å². The molecule has 40 heavy (non-hydrogen) atoms. The van der Waals surface area contributed by atoms with E-state index in [-0.39, 0.29) is 18.0 Å². The number of pyridine rings is 1. The van der Waals surface area contributed by atoms with E-state index in [1.807, 2.05) is 44.3 Å². The van der Waals surface area contributed by atoms with Crippen molar-refractivity contribution in [2.24, 2.45) is 0 Å². The van der Waals surface area contributed by atoms with Gasteiger partial charge in [0.2, 0.25) is 5.91 Å². The Morgan fingerprint density at radius 1 is 1.12 bits per heavy atom. The molecule has 0 bridgehead atoms. The minimum atomic E-state index is -0.101. The number of hydrogen-bond donors (Lipinski definition) is 2. The summed E-state index contributed by atoms with van der Waals surface area (Å²) in [6, 6.07) is 14.3. The van der Waals surface area contributed by atoms with Gasteiger partial charge in [0.15, 0.2) is 5.11 Å². The Labute approximate surface area is 242 Å². The van der Waals surface area contributed by atoms with E-state index in [4.69, 9.17) is 21.9 Å². The number of nitrogens with one attached hydrogen (secondary N) is 2. The molecule has 5 rings (SSSR count). The molecule has 2 fully saturated rings. The van der Waals surface area contributed by atoms with E-state index >= 15 is 0 Å². The van der Waals surface area contributed by atoms with Crippen LogP contribution in [0.5, 0.6) is 0 Å². The number of ether oxygens (including phenoxy) is 1. The molecule has 2 atom stereocenters. The molecule has 2 aliphatic rings. The zero-order valence-corrected chi connectivity index (χ0v) is 24.8. The highest BCUT2D eigenvalue weighted by Crippen LogP contribution is 2.44. The first-order chi connectivity index (χ1) is 19.4. The van der Waals surface area contributed by atoms with Gasteiger partial charge >= 0.3 is 0 Å². The lowest BCUT2D eigenvalue weighted by molar-refractivity contribution is -0.115. The maximum Gasteiger partial charge on any atom is 0.224 e. The van der Waals surface area contributed by atoms with E-state index < -0.39 is 0 Å². The fraction of sp³-hybridized carbons (Fsp3) is 0.452. The van der Waals surface area contributed by atoms with Crippen LogP contribution in [0.25, 0.3) is 0 Å². The Morgan fingerprint density at radius 2 is 1.93 bits per heavy atom. The van der Waals surface area contributed by atoms with Crippen molar-refractivity contribution in [3.05, 3.63) is 76.9 Å². The van der Waals surface area contributed by atoms with Gasteiger partial charge < -0.3 is 24.8 Å². The van der Waals surface area contributed by atoms with Crippen molar-refractivity contribution in [1.29, 1.82) is 0 Å². The molecule has 3 aromatic rings. The molecule has 2 saturated heterocycles. The molecule has 1 amide bonds. The van der Waals surface area contributed by atoms with Gasteiger partial charge in [0.1, 0.15) is 0 Å². The van der Waals surface area contributed by atoms with Gasteiger partial charge in [-0.3, -0.25) is 14.7 Å². The van der Waals surface area contributed by atoms with Gasteiger partial charge in [-0.15, -0.1) is 0 Å². The van der Waals surface area contributed by atoms with Crippen LogP contribution in [0.15, 0.2) is 48.7 Å². The third-order valence-electron chi connectivity index (χ3n) is 8.07. The fourth-order valence-corrected chi connectivity index (χ4v) is 6.22. The lowest BCUT2D eigenvalue weighted by atomic mass is 9.96. The summed E-state index contributed by atoms with van der Waals surface area (Å²) >= 11 is 5.96. The summed E-state index contributed by atoms with van der Waals surface area (Å²) in [5, 5.41) is 7.25. The van der Waals surface area contributed by atoms with Gasteiger partial charge in [-0.1, -0.05) is 13.0 Å². The van der Waals surface area contributed by atoms with Gasteiger partial charge in [-0.25, -0.2) is 0 Å². The highest BCUT2D eigenvalue weighted by atomic mass is 32.1. The molecule has 2 aromatic heterocycles. The van der Waals surface area contributed by atoms with Crippen molar-refractivity contribution in [1.82, 2.24) is 19.8 Å². The van der Waals surface area contributed by atoms with Gasteiger partial charge in [0.25, 0.3) is 0 Å². The number of benzene rings is 1. The summed E-state index contributed by atoms with van der Waals surface area (Å²) in [4.78, 5) is 21.5. The summed E-state index contributed by atoms with van der Waals surface area (Å²) in [6.07, 6.45) is 3.37.